The second-order valence-corrected chi connectivity index (χ2v) is 18.9. The highest BCUT2D eigenvalue weighted by Gasteiger charge is 2.53. The van der Waals surface area contributed by atoms with E-state index in [4.69, 9.17) is 18.3 Å². The molecular weight excluding hydrogens is 668 g/mol. The molecule has 3 heterocycles. The number of carbonyl (C=O) groups excluding carboxylic acids is 2. The summed E-state index contributed by atoms with van der Waals surface area (Å²) in [5, 5.41) is 22.2. The number of aromatic hydroxyl groups is 2. The first-order chi connectivity index (χ1) is 25.1. The number of rotatable bonds is 2. The van der Waals surface area contributed by atoms with E-state index in [1.165, 1.54) is 37.7 Å². The number of phenolic OH excluding ortho intramolecular Hbond substituents is 2. The quantitative estimate of drug-likeness (QED) is 0.155. The lowest BCUT2D eigenvalue weighted by atomic mass is 9.53. The third-order valence-electron chi connectivity index (χ3n) is 14.9. The van der Waals surface area contributed by atoms with Crippen LogP contribution in [0.4, 0.5) is 0 Å². The molecule has 8 nitrogen and oxygen atoms in total. The van der Waals surface area contributed by atoms with Gasteiger partial charge in [-0.1, -0.05) is 68.2 Å². The Hall–Kier alpha value is -3.94. The van der Waals surface area contributed by atoms with Gasteiger partial charge in [-0.3, -0.25) is 9.59 Å². The van der Waals surface area contributed by atoms with E-state index in [1.807, 2.05) is 0 Å². The summed E-state index contributed by atoms with van der Waals surface area (Å²) in [6.07, 6.45) is 13.1. The summed E-state index contributed by atoms with van der Waals surface area (Å²) >= 11 is 0. The van der Waals surface area contributed by atoms with Crippen LogP contribution in [0.1, 0.15) is 175 Å². The molecule has 0 bridgehead atoms. The highest BCUT2D eigenvalue weighted by Crippen LogP contribution is 2.62. The van der Waals surface area contributed by atoms with Crippen molar-refractivity contribution in [2.45, 2.75) is 142 Å². The summed E-state index contributed by atoms with van der Waals surface area (Å²) in [6.45, 7) is 18.9. The van der Waals surface area contributed by atoms with Crippen LogP contribution >= 0.6 is 0 Å². The molecule has 6 atom stereocenters. The van der Waals surface area contributed by atoms with Gasteiger partial charge in [0.2, 0.25) is 6.79 Å². The standard InChI is InChI=1S/C23H28O4.C22H28O4/c1-13-6-7-17-22(2,3)8-5-9-23(17,4)18-14-10-16-21(26-12-25-16)15(11-24)20(14)27-19(13)18;1-12-6-7-16-21(2,3)8-5-9-22(16,4)17-13-10-15(24)18(25)14(11-23)20(13)26-19(12)17/h10-11,13,17H,5-9,12H2,1-4H3;10-12,16,24-25H,5-9H2,1-4H3/t13-,17+,23?;12-,16+,22?/m11/s1. The van der Waals surface area contributed by atoms with Crippen molar-refractivity contribution >= 4 is 34.5 Å². The van der Waals surface area contributed by atoms with Gasteiger partial charge in [0.15, 0.2) is 35.6 Å². The predicted octanol–water partition coefficient (Wildman–Crippen LogP) is 11.6. The van der Waals surface area contributed by atoms with Crippen LogP contribution in [0.15, 0.2) is 21.0 Å². The molecule has 4 aliphatic carbocycles. The number of fused-ring (bicyclic) bond motifs is 11. The average Bonchev–Trinajstić information content (AvgIpc) is 3.79. The SMILES string of the molecule is C[C@@H]1CC[C@H]2C(C)(C)CCCC2(C)c2c1oc1c(C=O)c(O)c(O)cc21.C[C@@H]1CC[C@H]2C(C)(C)CCCC2(C)c2c1oc1c(C=O)c3c(cc21)OCO3. The molecule has 9 rings (SSSR count). The molecule has 284 valence electrons. The molecule has 2 N–H and O–H groups in total. The molecule has 2 aromatic heterocycles. The summed E-state index contributed by atoms with van der Waals surface area (Å²) in [4.78, 5) is 23.5. The minimum atomic E-state index is -0.394. The Morgan fingerprint density at radius 3 is 1.66 bits per heavy atom. The molecule has 4 aromatic rings. The molecule has 0 amide bonds. The van der Waals surface area contributed by atoms with Crippen LogP contribution in [0.5, 0.6) is 23.0 Å². The molecule has 0 saturated heterocycles. The van der Waals surface area contributed by atoms with E-state index in [0.29, 0.717) is 57.7 Å². The normalized spacial score (nSPS) is 30.9. The largest absolute Gasteiger partial charge is 0.504 e. The topological polar surface area (TPSA) is 119 Å². The van der Waals surface area contributed by atoms with Crippen LogP contribution in [0.25, 0.3) is 21.9 Å². The molecule has 0 radical (unpaired) electrons. The summed E-state index contributed by atoms with van der Waals surface area (Å²) in [7, 11) is 0. The predicted molar refractivity (Wildman–Crippen MR) is 205 cm³/mol. The van der Waals surface area contributed by atoms with Crippen LogP contribution < -0.4 is 9.47 Å². The average molecular weight is 725 g/mol. The minimum Gasteiger partial charge on any atom is -0.504 e. The summed E-state index contributed by atoms with van der Waals surface area (Å²) < 4.78 is 23.9. The van der Waals surface area contributed by atoms with Crippen molar-refractivity contribution in [1.82, 2.24) is 0 Å². The van der Waals surface area contributed by atoms with Crippen LogP contribution in [-0.4, -0.2) is 29.6 Å². The number of benzene rings is 2. The lowest BCUT2D eigenvalue weighted by molar-refractivity contribution is 0.0502. The number of furan rings is 2. The third-order valence-corrected chi connectivity index (χ3v) is 14.9. The number of hydrogen-bond acceptors (Lipinski definition) is 8. The monoisotopic (exact) mass is 724 g/mol. The van der Waals surface area contributed by atoms with Gasteiger partial charge in [0.1, 0.15) is 33.8 Å². The van der Waals surface area contributed by atoms with Crippen molar-refractivity contribution in [3.63, 3.8) is 0 Å². The van der Waals surface area contributed by atoms with Gasteiger partial charge in [-0.25, -0.2) is 0 Å². The van der Waals surface area contributed by atoms with Gasteiger partial charge >= 0.3 is 0 Å². The fourth-order valence-electron chi connectivity index (χ4n) is 12.3. The Kier molecular flexibility index (Phi) is 8.36. The summed E-state index contributed by atoms with van der Waals surface area (Å²) in [5.74, 6) is 4.26. The molecular formula is C45H56O8. The van der Waals surface area contributed by atoms with E-state index >= 15 is 0 Å². The fourth-order valence-corrected chi connectivity index (χ4v) is 12.3. The zero-order chi connectivity index (χ0) is 37.8. The lowest BCUT2D eigenvalue weighted by Crippen LogP contribution is -2.44. The zero-order valence-electron chi connectivity index (χ0n) is 32.7. The minimum absolute atomic E-state index is 0.0514. The van der Waals surface area contributed by atoms with E-state index < -0.39 is 5.75 Å². The second kappa shape index (κ2) is 12.3. The molecule has 2 aromatic carbocycles. The van der Waals surface area contributed by atoms with E-state index in [9.17, 15) is 19.8 Å². The highest BCUT2D eigenvalue weighted by atomic mass is 16.7. The molecule has 2 fully saturated rings. The van der Waals surface area contributed by atoms with E-state index in [1.54, 1.807) is 6.07 Å². The first-order valence-corrected chi connectivity index (χ1v) is 19.9. The molecule has 2 unspecified atom stereocenters. The van der Waals surface area contributed by atoms with Crippen molar-refractivity contribution in [2.24, 2.45) is 22.7 Å². The maximum absolute atomic E-state index is 11.9. The Labute approximate surface area is 312 Å². The maximum atomic E-state index is 11.9. The Balaban J connectivity index is 0.000000151. The van der Waals surface area contributed by atoms with Crippen LogP contribution in [0, 0.1) is 22.7 Å². The Bertz CT molecular complexity index is 2130. The van der Waals surface area contributed by atoms with Crippen molar-refractivity contribution in [3.05, 3.63) is 45.9 Å². The maximum Gasteiger partial charge on any atom is 0.231 e. The van der Waals surface area contributed by atoms with Crippen LogP contribution in [-0.2, 0) is 10.8 Å². The van der Waals surface area contributed by atoms with Crippen molar-refractivity contribution in [1.29, 1.82) is 0 Å². The molecule has 1 aliphatic heterocycles. The van der Waals surface area contributed by atoms with E-state index in [-0.39, 0.29) is 40.3 Å². The molecule has 2 saturated carbocycles. The Morgan fingerprint density at radius 1 is 0.660 bits per heavy atom. The zero-order valence-corrected chi connectivity index (χ0v) is 32.7. The van der Waals surface area contributed by atoms with Gasteiger partial charge in [-0.05, 0) is 97.0 Å². The number of aldehydes is 2. The number of ether oxygens (including phenoxy) is 2. The van der Waals surface area contributed by atoms with Gasteiger partial charge in [0, 0.05) is 33.7 Å². The lowest BCUT2D eigenvalue weighted by Gasteiger charge is -2.50. The van der Waals surface area contributed by atoms with Gasteiger partial charge in [0.25, 0.3) is 0 Å². The van der Waals surface area contributed by atoms with E-state index in [0.717, 1.165) is 66.2 Å². The second-order valence-electron chi connectivity index (χ2n) is 18.9. The molecule has 53 heavy (non-hydrogen) atoms. The number of carbonyl (C=O) groups is 2. The molecule has 8 heteroatoms. The summed E-state index contributed by atoms with van der Waals surface area (Å²) in [6, 6.07) is 3.64. The summed E-state index contributed by atoms with van der Waals surface area (Å²) in [5.41, 5.74) is 4.65. The van der Waals surface area contributed by atoms with Gasteiger partial charge in [-0.2, -0.15) is 0 Å². The molecule has 0 spiro atoms. The van der Waals surface area contributed by atoms with Crippen LogP contribution in [0.2, 0.25) is 0 Å². The fraction of sp³-hybridized carbons (Fsp3) is 0.600. The van der Waals surface area contributed by atoms with Crippen LogP contribution in [0.3, 0.4) is 0 Å². The van der Waals surface area contributed by atoms with Crippen molar-refractivity contribution < 1.29 is 38.1 Å². The number of phenols is 2. The van der Waals surface area contributed by atoms with Gasteiger partial charge in [-0.15, -0.1) is 0 Å². The first kappa shape index (κ1) is 36.1. The first-order valence-electron chi connectivity index (χ1n) is 19.9. The van der Waals surface area contributed by atoms with Gasteiger partial charge < -0.3 is 28.5 Å². The number of hydrogen-bond donors (Lipinski definition) is 2. The molecule has 5 aliphatic rings. The van der Waals surface area contributed by atoms with E-state index in [2.05, 4.69) is 61.5 Å². The Morgan fingerprint density at radius 2 is 1.15 bits per heavy atom. The smallest absolute Gasteiger partial charge is 0.231 e. The van der Waals surface area contributed by atoms with Crippen molar-refractivity contribution in [2.75, 3.05) is 6.79 Å². The third kappa shape index (κ3) is 5.20. The van der Waals surface area contributed by atoms with Gasteiger partial charge in [0.05, 0.1) is 0 Å². The highest BCUT2D eigenvalue weighted by molar-refractivity contribution is 6.02. The van der Waals surface area contributed by atoms with Crippen molar-refractivity contribution in [3.8, 4) is 23.0 Å².